The lowest BCUT2D eigenvalue weighted by Crippen LogP contribution is -2.47. The zero-order chi connectivity index (χ0) is 18.9. The fraction of sp³-hybridized carbons (Fsp3) is 0.682. The molecule has 0 atom stereocenters. The van der Waals surface area contributed by atoms with Gasteiger partial charge in [-0.3, -0.25) is 0 Å². The van der Waals surface area contributed by atoms with E-state index in [9.17, 15) is 4.79 Å². The third kappa shape index (κ3) is 6.42. The topological polar surface area (TPSA) is 70.4 Å². The van der Waals surface area contributed by atoms with Crippen LogP contribution in [0.1, 0.15) is 56.9 Å². The van der Waals surface area contributed by atoms with Gasteiger partial charge < -0.3 is 21.3 Å². The van der Waals surface area contributed by atoms with Crippen LogP contribution in [0.5, 0.6) is 0 Å². The van der Waals surface area contributed by atoms with Gasteiger partial charge in [0.1, 0.15) is 0 Å². The number of amides is 2. The van der Waals surface area contributed by atoms with Crippen LogP contribution in [0.25, 0.3) is 0 Å². The molecule has 1 aromatic rings. The molecule has 0 bridgehead atoms. The quantitative estimate of drug-likeness (QED) is 0.609. The molecule has 1 heterocycles. The molecule has 4 N–H and O–H groups in total. The summed E-state index contributed by atoms with van der Waals surface area (Å²) in [4.78, 5) is 14.3. The van der Waals surface area contributed by atoms with Gasteiger partial charge in [-0.2, -0.15) is 0 Å². The predicted octanol–water partition coefficient (Wildman–Crippen LogP) is 3.74. The van der Waals surface area contributed by atoms with Gasteiger partial charge in [0, 0.05) is 31.4 Å². The average Bonchev–Trinajstić information content (AvgIpc) is 3.21. The number of hydrogen-bond donors (Lipinski definition) is 3. The van der Waals surface area contributed by atoms with Crippen molar-refractivity contribution in [2.45, 2.75) is 63.8 Å². The molecule has 0 aromatic heterocycles. The fourth-order valence-electron chi connectivity index (χ4n) is 4.39. The summed E-state index contributed by atoms with van der Waals surface area (Å²) in [6.45, 7) is 3.17. The standard InChI is InChI=1S/C22H36N4O/c23-14-11-19-7-9-20(10-8-19)25-21-12-16-26(17-13-21)22(27)24-15-3-6-18-4-1-2-5-18/h7-10,18,21,25H,1-6,11-17,23H2,(H,24,27). The molecule has 1 saturated carbocycles. The van der Waals surface area contributed by atoms with Crippen molar-refractivity contribution in [3.63, 3.8) is 0 Å². The molecule has 2 amide bonds. The molecule has 1 saturated heterocycles. The lowest BCUT2D eigenvalue weighted by molar-refractivity contribution is 0.183. The maximum Gasteiger partial charge on any atom is 0.317 e. The van der Waals surface area contributed by atoms with Crippen molar-refractivity contribution in [3.8, 4) is 0 Å². The van der Waals surface area contributed by atoms with Crippen LogP contribution < -0.4 is 16.4 Å². The number of hydrogen-bond acceptors (Lipinski definition) is 3. The first-order chi connectivity index (χ1) is 13.2. The summed E-state index contributed by atoms with van der Waals surface area (Å²) in [5.41, 5.74) is 8.04. The second kappa shape index (κ2) is 10.5. The second-order valence-electron chi connectivity index (χ2n) is 8.17. The minimum atomic E-state index is 0.117. The van der Waals surface area contributed by atoms with Crippen LogP contribution in [0.3, 0.4) is 0 Å². The normalized spacial score (nSPS) is 18.6. The van der Waals surface area contributed by atoms with E-state index < -0.39 is 0 Å². The molecular formula is C22H36N4O. The number of likely N-dealkylation sites (tertiary alicyclic amines) is 1. The van der Waals surface area contributed by atoms with Gasteiger partial charge >= 0.3 is 6.03 Å². The number of carbonyl (C=O) groups excluding carboxylic acids is 1. The molecule has 2 fully saturated rings. The third-order valence-electron chi connectivity index (χ3n) is 6.08. The average molecular weight is 373 g/mol. The number of nitrogens with zero attached hydrogens (tertiary/aromatic N) is 1. The Morgan fingerprint density at radius 3 is 2.44 bits per heavy atom. The highest BCUT2D eigenvalue weighted by atomic mass is 16.2. The Hall–Kier alpha value is -1.75. The number of urea groups is 1. The molecule has 5 nitrogen and oxygen atoms in total. The van der Waals surface area contributed by atoms with Crippen LogP contribution in [0.4, 0.5) is 10.5 Å². The zero-order valence-corrected chi connectivity index (χ0v) is 16.6. The predicted molar refractivity (Wildman–Crippen MR) is 112 cm³/mol. The van der Waals surface area contributed by atoms with Crippen LogP contribution in [-0.2, 0) is 6.42 Å². The van der Waals surface area contributed by atoms with Gasteiger partial charge in [0.15, 0.2) is 0 Å². The molecule has 0 unspecified atom stereocenters. The van der Waals surface area contributed by atoms with Gasteiger partial charge in [0.05, 0.1) is 0 Å². The number of rotatable bonds is 8. The number of benzene rings is 1. The highest BCUT2D eigenvalue weighted by molar-refractivity contribution is 5.74. The van der Waals surface area contributed by atoms with E-state index in [0.29, 0.717) is 12.6 Å². The van der Waals surface area contributed by atoms with Crippen LogP contribution in [-0.4, -0.2) is 43.2 Å². The van der Waals surface area contributed by atoms with Gasteiger partial charge in [0.25, 0.3) is 0 Å². The lowest BCUT2D eigenvalue weighted by atomic mass is 10.0. The van der Waals surface area contributed by atoms with Crippen molar-refractivity contribution >= 4 is 11.7 Å². The van der Waals surface area contributed by atoms with Crippen LogP contribution in [0.15, 0.2) is 24.3 Å². The van der Waals surface area contributed by atoms with E-state index in [4.69, 9.17) is 5.73 Å². The van der Waals surface area contributed by atoms with Crippen molar-refractivity contribution in [3.05, 3.63) is 29.8 Å². The van der Waals surface area contributed by atoms with Crippen LogP contribution >= 0.6 is 0 Å². The minimum Gasteiger partial charge on any atom is -0.382 e. The van der Waals surface area contributed by atoms with Crippen molar-refractivity contribution in [1.29, 1.82) is 0 Å². The molecule has 3 rings (SSSR count). The Bertz CT molecular complexity index is 560. The van der Waals surface area contributed by atoms with Crippen molar-refractivity contribution in [2.75, 3.05) is 31.5 Å². The summed E-state index contributed by atoms with van der Waals surface area (Å²) >= 11 is 0. The zero-order valence-electron chi connectivity index (χ0n) is 16.6. The molecule has 0 spiro atoms. The molecule has 2 aliphatic rings. The van der Waals surface area contributed by atoms with E-state index in [2.05, 4.69) is 34.9 Å². The molecule has 5 heteroatoms. The lowest BCUT2D eigenvalue weighted by Gasteiger charge is -2.33. The Kier molecular flexibility index (Phi) is 7.81. The van der Waals surface area contributed by atoms with Gasteiger partial charge in [-0.1, -0.05) is 37.8 Å². The number of carbonyl (C=O) groups is 1. The molecule has 1 aromatic carbocycles. The Balaban J connectivity index is 1.31. The number of piperidine rings is 1. The summed E-state index contributed by atoms with van der Waals surface area (Å²) in [6.07, 6.45) is 10.9. The largest absolute Gasteiger partial charge is 0.382 e. The molecule has 27 heavy (non-hydrogen) atoms. The summed E-state index contributed by atoms with van der Waals surface area (Å²) in [7, 11) is 0. The Morgan fingerprint density at radius 2 is 1.78 bits per heavy atom. The summed E-state index contributed by atoms with van der Waals surface area (Å²) in [6, 6.07) is 9.11. The van der Waals surface area contributed by atoms with Gasteiger partial charge in [-0.15, -0.1) is 0 Å². The van der Waals surface area contributed by atoms with E-state index in [0.717, 1.165) is 56.9 Å². The molecular weight excluding hydrogens is 336 g/mol. The second-order valence-corrected chi connectivity index (χ2v) is 8.17. The Labute approximate surface area is 164 Å². The maximum absolute atomic E-state index is 12.3. The van der Waals surface area contributed by atoms with Crippen LogP contribution in [0, 0.1) is 5.92 Å². The van der Waals surface area contributed by atoms with Gasteiger partial charge in [-0.25, -0.2) is 4.79 Å². The number of nitrogens with two attached hydrogens (primary N) is 1. The van der Waals surface area contributed by atoms with Crippen molar-refractivity contribution in [2.24, 2.45) is 11.7 Å². The summed E-state index contributed by atoms with van der Waals surface area (Å²) in [5, 5.41) is 6.72. The van der Waals surface area contributed by atoms with Crippen LogP contribution in [0.2, 0.25) is 0 Å². The first-order valence-corrected chi connectivity index (χ1v) is 10.8. The SMILES string of the molecule is NCCc1ccc(NC2CCN(C(=O)NCCCC3CCCC3)CC2)cc1. The Morgan fingerprint density at radius 1 is 1.07 bits per heavy atom. The van der Waals surface area contributed by atoms with Crippen molar-refractivity contribution in [1.82, 2.24) is 10.2 Å². The first-order valence-electron chi connectivity index (χ1n) is 10.8. The molecule has 0 radical (unpaired) electrons. The van der Waals surface area contributed by atoms with E-state index in [-0.39, 0.29) is 6.03 Å². The number of nitrogens with one attached hydrogen (secondary N) is 2. The minimum absolute atomic E-state index is 0.117. The molecule has 150 valence electrons. The first kappa shape index (κ1) is 20.0. The van der Waals surface area contributed by atoms with Gasteiger partial charge in [0.2, 0.25) is 0 Å². The van der Waals surface area contributed by atoms with Gasteiger partial charge in [-0.05, 0) is 62.3 Å². The highest BCUT2D eigenvalue weighted by Gasteiger charge is 2.22. The van der Waals surface area contributed by atoms with E-state index in [1.165, 1.54) is 37.7 Å². The van der Waals surface area contributed by atoms with E-state index >= 15 is 0 Å². The third-order valence-corrected chi connectivity index (χ3v) is 6.08. The molecule has 1 aliphatic heterocycles. The summed E-state index contributed by atoms with van der Waals surface area (Å²) in [5.74, 6) is 0.910. The smallest absolute Gasteiger partial charge is 0.317 e. The molecule has 1 aliphatic carbocycles. The monoisotopic (exact) mass is 372 g/mol. The fourth-order valence-corrected chi connectivity index (χ4v) is 4.39. The number of anilines is 1. The van der Waals surface area contributed by atoms with E-state index in [1.807, 2.05) is 4.90 Å². The summed E-state index contributed by atoms with van der Waals surface area (Å²) < 4.78 is 0. The van der Waals surface area contributed by atoms with E-state index in [1.54, 1.807) is 0 Å². The van der Waals surface area contributed by atoms with Crippen molar-refractivity contribution < 1.29 is 4.79 Å². The highest BCUT2D eigenvalue weighted by Crippen LogP contribution is 2.28. The maximum atomic E-state index is 12.3.